The number of aromatic nitrogens is 3. The van der Waals surface area contributed by atoms with Gasteiger partial charge in [-0.2, -0.15) is 0 Å². The third kappa shape index (κ3) is 6.85. The summed E-state index contributed by atoms with van der Waals surface area (Å²) in [5, 5.41) is 3.77. The molecule has 1 saturated carbocycles. The number of furan rings is 1. The topological polar surface area (TPSA) is 43.9 Å². The van der Waals surface area contributed by atoms with Crippen LogP contribution in [0.3, 0.4) is 0 Å². The molecule has 0 atom stereocenters. The number of hydrogen-bond donors (Lipinski definition) is 0. The Morgan fingerprint density at radius 1 is 0.875 bits per heavy atom. The Labute approximate surface area is 299 Å². The molecule has 0 bridgehead atoms. The van der Waals surface area contributed by atoms with Crippen molar-refractivity contribution in [1.29, 1.82) is 0 Å². The van der Waals surface area contributed by atoms with Crippen LogP contribution in [0.5, 0.6) is 0 Å². The third-order valence-electron chi connectivity index (χ3n) is 9.44. The van der Waals surface area contributed by atoms with Crippen LogP contribution in [-0.2, 0) is 26.5 Å². The predicted molar refractivity (Wildman–Crippen MR) is 199 cm³/mol. The van der Waals surface area contributed by atoms with E-state index in [0.29, 0.717) is 0 Å². The van der Waals surface area contributed by atoms with Gasteiger partial charge in [0.15, 0.2) is 0 Å². The van der Waals surface area contributed by atoms with E-state index in [0.717, 1.165) is 61.5 Å². The molecule has 1 fully saturated rings. The van der Waals surface area contributed by atoms with E-state index in [1.807, 2.05) is 42.5 Å². The fourth-order valence-corrected chi connectivity index (χ4v) is 8.76. The molecule has 48 heavy (non-hydrogen) atoms. The first kappa shape index (κ1) is 34.0. The van der Waals surface area contributed by atoms with Crippen molar-refractivity contribution in [3.05, 3.63) is 115 Å². The van der Waals surface area contributed by atoms with Gasteiger partial charge in [-0.15, -0.1) is 54.1 Å². The molecule has 0 aliphatic heterocycles. The summed E-state index contributed by atoms with van der Waals surface area (Å²) in [7, 11) is -1.35. The van der Waals surface area contributed by atoms with E-state index in [4.69, 9.17) is 14.4 Å². The SMILES string of the molecule is CC(C)n1c(-c2[c-]ccc3c2oc2ccccc23)nc2ccccc21.C[Si](C)(C)c1cnc(-c2[c-]cccc2)cc1CC1CCCC1.[Ir]. The van der Waals surface area contributed by atoms with Gasteiger partial charge in [0.1, 0.15) is 5.58 Å². The third-order valence-corrected chi connectivity index (χ3v) is 11.5. The summed E-state index contributed by atoms with van der Waals surface area (Å²) < 4.78 is 8.44. The number of rotatable bonds is 6. The van der Waals surface area contributed by atoms with E-state index in [1.54, 1.807) is 10.8 Å². The van der Waals surface area contributed by atoms with Crippen LogP contribution < -0.4 is 5.19 Å². The number of imidazole rings is 1. The van der Waals surface area contributed by atoms with Crippen LogP contribution in [0.1, 0.15) is 51.1 Å². The van der Waals surface area contributed by atoms with Crippen LogP contribution in [0, 0.1) is 18.1 Å². The summed E-state index contributed by atoms with van der Waals surface area (Å²) in [6, 6.07) is 37.9. The second-order valence-corrected chi connectivity index (χ2v) is 19.2. The van der Waals surface area contributed by atoms with E-state index >= 15 is 0 Å². The first-order chi connectivity index (χ1) is 22.8. The normalized spacial score (nSPS) is 13.6. The van der Waals surface area contributed by atoms with Crippen molar-refractivity contribution in [3.8, 4) is 22.6 Å². The average Bonchev–Trinajstić information content (AvgIpc) is 3.82. The molecule has 3 aromatic heterocycles. The van der Waals surface area contributed by atoms with Gasteiger partial charge in [0.2, 0.25) is 0 Å². The maximum absolute atomic E-state index is 6.18. The number of para-hydroxylation sites is 3. The average molecular weight is 826 g/mol. The van der Waals surface area contributed by atoms with E-state index < -0.39 is 8.07 Å². The summed E-state index contributed by atoms with van der Waals surface area (Å²) >= 11 is 0. The first-order valence-corrected chi connectivity index (χ1v) is 20.5. The summed E-state index contributed by atoms with van der Waals surface area (Å²) in [6.45, 7) is 11.6. The summed E-state index contributed by atoms with van der Waals surface area (Å²) in [6.07, 6.45) is 9.03. The molecule has 7 aromatic rings. The molecule has 4 nitrogen and oxygen atoms in total. The van der Waals surface area contributed by atoms with Crippen molar-refractivity contribution >= 4 is 46.2 Å². The Balaban J connectivity index is 0.000000165. The van der Waals surface area contributed by atoms with Crippen molar-refractivity contribution in [2.45, 2.75) is 71.6 Å². The Bertz CT molecular complexity index is 2150. The van der Waals surface area contributed by atoms with Gasteiger partial charge in [-0.1, -0.05) is 98.2 Å². The Morgan fingerprint density at radius 3 is 2.38 bits per heavy atom. The molecule has 0 saturated heterocycles. The molecule has 0 spiro atoms. The van der Waals surface area contributed by atoms with E-state index in [1.165, 1.54) is 32.1 Å². The Hall–Kier alpha value is -3.83. The molecule has 8 rings (SSSR count). The molecule has 1 aliphatic carbocycles. The molecule has 0 unspecified atom stereocenters. The van der Waals surface area contributed by atoms with Gasteiger partial charge in [-0.25, -0.2) is 0 Å². The van der Waals surface area contributed by atoms with Crippen LogP contribution >= 0.6 is 0 Å². The second kappa shape index (κ2) is 14.3. The second-order valence-electron chi connectivity index (χ2n) is 14.2. The van der Waals surface area contributed by atoms with Gasteiger partial charge >= 0.3 is 0 Å². The van der Waals surface area contributed by atoms with Gasteiger partial charge < -0.3 is 14.0 Å². The molecule has 3 heterocycles. The van der Waals surface area contributed by atoms with E-state index in [9.17, 15) is 0 Å². The molecule has 1 aliphatic rings. The minimum Gasteiger partial charge on any atom is -0.501 e. The van der Waals surface area contributed by atoms with Crippen molar-refractivity contribution in [2.75, 3.05) is 0 Å². The summed E-state index contributed by atoms with van der Waals surface area (Å²) in [5.41, 5.74) is 8.52. The monoisotopic (exact) mass is 826 g/mol. The maximum Gasteiger partial charge on any atom is 0.120 e. The van der Waals surface area contributed by atoms with Crippen molar-refractivity contribution in [3.63, 3.8) is 0 Å². The van der Waals surface area contributed by atoms with Crippen molar-refractivity contribution in [1.82, 2.24) is 14.5 Å². The fraction of sp³-hybridized carbons (Fsp3) is 0.286. The maximum atomic E-state index is 6.18. The molecule has 6 heteroatoms. The minimum atomic E-state index is -1.35. The van der Waals surface area contributed by atoms with Crippen molar-refractivity contribution < 1.29 is 24.5 Å². The Kier molecular flexibility index (Phi) is 10.2. The van der Waals surface area contributed by atoms with Crippen LogP contribution in [0.25, 0.3) is 55.6 Å². The molecule has 4 aromatic carbocycles. The summed E-state index contributed by atoms with van der Waals surface area (Å²) in [4.78, 5) is 9.65. The van der Waals surface area contributed by atoms with E-state index in [2.05, 4.69) is 105 Å². The van der Waals surface area contributed by atoms with Crippen molar-refractivity contribution in [2.24, 2.45) is 5.92 Å². The van der Waals surface area contributed by atoms with Gasteiger partial charge in [-0.05, 0) is 55.3 Å². The number of fused-ring (bicyclic) bond motifs is 4. The quantitative estimate of drug-likeness (QED) is 0.124. The fourth-order valence-electron chi connectivity index (χ4n) is 7.17. The van der Waals surface area contributed by atoms with Gasteiger partial charge in [0.05, 0.1) is 30.5 Å². The standard InChI is InChI=1S/C22H17N2O.C20H26NSi.Ir/c1-14(2)24-19-12-5-4-11-18(19)23-22(24)17-10-7-9-16-15-8-3-6-13-20(15)25-21(16)17;1-22(2,3)20-15-21-19(17-11-5-4-6-12-17)14-18(20)13-16-9-7-8-10-16;/h3-9,11-14H,1-2H3;4-6,11,14-16H,7-10,13H2,1-3H3;/q2*-1;. The molecular formula is C42H43IrN3OSi-2. The zero-order valence-electron chi connectivity index (χ0n) is 28.5. The molecular weight excluding hydrogens is 783 g/mol. The molecule has 0 N–H and O–H groups in total. The smallest absolute Gasteiger partial charge is 0.120 e. The molecule has 0 amide bonds. The number of hydrogen-bond acceptors (Lipinski definition) is 3. The largest absolute Gasteiger partial charge is 0.501 e. The van der Waals surface area contributed by atoms with Gasteiger partial charge in [0, 0.05) is 37.7 Å². The van der Waals surface area contributed by atoms with Gasteiger partial charge in [0.25, 0.3) is 0 Å². The zero-order valence-corrected chi connectivity index (χ0v) is 31.9. The predicted octanol–water partition coefficient (Wildman–Crippen LogP) is 10.8. The zero-order chi connectivity index (χ0) is 32.5. The summed E-state index contributed by atoms with van der Waals surface area (Å²) in [5.74, 6) is 1.78. The molecule has 1 radical (unpaired) electrons. The van der Waals surface area contributed by atoms with Crippen LogP contribution in [0.2, 0.25) is 19.6 Å². The Morgan fingerprint density at radius 2 is 1.62 bits per heavy atom. The number of nitrogens with zero attached hydrogens (tertiary/aromatic N) is 3. The van der Waals surface area contributed by atoms with Crippen LogP contribution in [0.4, 0.5) is 0 Å². The van der Waals surface area contributed by atoms with Crippen LogP contribution in [0.15, 0.2) is 102 Å². The van der Waals surface area contributed by atoms with Gasteiger partial charge in [-0.3, -0.25) is 4.98 Å². The first-order valence-electron chi connectivity index (χ1n) is 17.0. The van der Waals surface area contributed by atoms with E-state index in [-0.39, 0.29) is 26.1 Å². The minimum absolute atomic E-state index is 0. The molecule has 247 valence electrons. The number of benzene rings is 4. The number of pyridine rings is 1. The van der Waals surface area contributed by atoms with Crippen LogP contribution in [-0.4, -0.2) is 22.6 Å².